The number of fused-ring (bicyclic) bond motifs is 1. The van der Waals surface area contributed by atoms with Crippen LogP contribution in [0.4, 0.5) is 5.69 Å². The molecule has 2 heterocycles. The summed E-state index contributed by atoms with van der Waals surface area (Å²) in [5.74, 6) is 0.152. The fourth-order valence-electron chi connectivity index (χ4n) is 3.85. The van der Waals surface area contributed by atoms with Crippen molar-refractivity contribution in [2.24, 2.45) is 0 Å². The topological polar surface area (TPSA) is 36.7 Å². The third kappa shape index (κ3) is 4.27. The molecule has 0 aliphatic carbocycles. The van der Waals surface area contributed by atoms with Gasteiger partial charge in [-0.25, -0.2) is 0 Å². The lowest BCUT2D eigenvalue weighted by Crippen LogP contribution is -2.49. The lowest BCUT2D eigenvalue weighted by Gasteiger charge is -2.36. The predicted molar refractivity (Wildman–Crippen MR) is 119 cm³/mol. The molecule has 1 aromatic heterocycles. The van der Waals surface area contributed by atoms with Gasteiger partial charge in [0, 0.05) is 47.8 Å². The van der Waals surface area contributed by atoms with E-state index >= 15 is 0 Å². The Labute approximate surface area is 177 Å². The Bertz CT molecular complexity index is 1030. The second kappa shape index (κ2) is 7.75. The molecule has 1 aliphatic rings. The van der Waals surface area contributed by atoms with Crippen LogP contribution in [-0.4, -0.2) is 37.0 Å². The molecule has 1 amide bonds. The van der Waals surface area contributed by atoms with Crippen LogP contribution in [-0.2, 0) is 16.6 Å². The third-order valence-electron chi connectivity index (χ3n) is 5.67. The van der Waals surface area contributed by atoms with E-state index < -0.39 is 0 Å². The van der Waals surface area contributed by atoms with Crippen LogP contribution in [0.15, 0.2) is 53.1 Å². The van der Waals surface area contributed by atoms with Crippen molar-refractivity contribution in [3.8, 4) is 0 Å². The number of furan rings is 1. The lowest BCUT2D eigenvalue weighted by molar-refractivity contribution is -0.130. The van der Waals surface area contributed by atoms with Gasteiger partial charge in [0.2, 0.25) is 5.91 Å². The zero-order chi connectivity index (χ0) is 20.6. The summed E-state index contributed by atoms with van der Waals surface area (Å²) in [5.41, 5.74) is 4.22. The average molecular weight is 411 g/mol. The Morgan fingerprint density at radius 2 is 1.83 bits per heavy atom. The minimum absolute atomic E-state index is 0.0589. The Hall–Kier alpha value is -2.46. The summed E-state index contributed by atoms with van der Waals surface area (Å²) >= 11 is 6.11. The molecule has 152 valence electrons. The number of carbonyl (C=O) groups excluding carboxylic acids is 1. The average Bonchev–Trinajstić information content (AvgIpc) is 3.09. The first kappa shape index (κ1) is 19.8. The van der Waals surface area contributed by atoms with Crippen LogP contribution >= 0.6 is 11.6 Å². The number of rotatable bonds is 3. The summed E-state index contributed by atoms with van der Waals surface area (Å²) in [6.07, 6.45) is 2.11. The summed E-state index contributed by atoms with van der Waals surface area (Å²) in [6.45, 7) is 9.64. The minimum atomic E-state index is 0.0589. The summed E-state index contributed by atoms with van der Waals surface area (Å²) < 4.78 is 5.70. The van der Waals surface area contributed by atoms with Crippen LogP contribution in [0.5, 0.6) is 0 Å². The van der Waals surface area contributed by atoms with E-state index in [1.165, 1.54) is 5.56 Å². The van der Waals surface area contributed by atoms with Crippen LogP contribution in [0.2, 0.25) is 5.02 Å². The second-order valence-electron chi connectivity index (χ2n) is 8.75. The molecule has 0 radical (unpaired) electrons. The fraction of sp³-hybridized carbons (Fsp3) is 0.375. The summed E-state index contributed by atoms with van der Waals surface area (Å²) in [6, 6.07) is 14.2. The largest absolute Gasteiger partial charge is 0.464 e. The minimum Gasteiger partial charge on any atom is -0.464 e. The van der Waals surface area contributed by atoms with Crippen molar-refractivity contribution in [3.05, 3.63) is 64.9 Å². The number of amides is 1. The molecule has 1 aliphatic heterocycles. The molecule has 0 bridgehead atoms. The van der Waals surface area contributed by atoms with E-state index in [9.17, 15) is 4.79 Å². The first-order chi connectivity index (χ1) is 13.8. The Kier molecular flexibility index (Phi) is 5.30. The molecule has 2 aromatic carbocycles. The standard InChI is InChI=1S/C24H27ClN2O2/c1-24(2,3)18-7-8-22-21(14-18)17(16-29-22)13-23(28)27-11-9-26(10-12-27)20-6-4-5-19(25)15-20/h4-8,14-16H,9-13H2,1-3H3. The number of nitrogens with zero attached hydrogens (tertiary/aromatic N) is 2. The van der Waals surface area contributed by atoms with Gasteiger partial charge >= 0.3 is 0 Å². The van der Waals surface area contributed by atoms with Gasteiger partial charge in [0.15, 0.2) is 0 Å². The Morgan fingerprint density at radius 1 is 1.07 bits per heavy atom. The quantitative estimate of drug-likeness (QED) is 0.589. The van der Waals surface area contributed by atoms with Crippen molar-refractivity contribution in [3.63, 3.8) is 0 Å². The van der Waals surface area contributed by atoms with E-state index in [-0.39, 0.29) is 11.3 Å². The molecule has 3 aromatic rings. The number of hydrogen-bond acceptors (Lipinski definition) is 3. The maximum absolute atomic E-state index is 12.9. The highest BCUT2D eigenvalue weighted by molar-refractivity contribution is 6.30. The molecule has 0 atom stereocenters. The molecule has 4 rings (SSSR count). The fourth-order valence-corrected chi connectivity index (χ4v) is 4.03. The van der Waals surface area contributed by atoms with Crippen LogP contribution < -0.4 is 4.90 Å². The number of halogens is 1. The molecule has 1 fully saturated rings. The molecular formula is C24H27ClN2O2. The van der Waals surface area contributed by atoms with Gasteiger partial charge in [0.25, 0.3) is 0 Å². The van der Waals surface area contributed by atoms with Crippen LogP contribution in [0.1, 0.15) is 31.9 Å². The molecular weight excluding hydrogens is 384 g/mol. The van der Waals surface area contributed by atoms with Crippen LogP contribution in [0, 0.1) is 0 Å². The van der Waals surface area contributed by atoms with Gasteiger partial charge in [-0.05, 0) is 41.3 Å². The number of benzene rings is 2. The SMILES string of the molecule is CC(C)(C)c1ccc2occ(CC(=O)N3CCN(c4cccc(Cl)c4)CC3)c2c1. The maximum Gasteiger partial charge on any atom is 0.227 e. The van der Waals surface area contributed by atoms with Crippen molar-refractivity contribution in [1.29, 1.82) is 0 Å². The van der Waals surface area contributed by atoms with Gasteiger partial charge < -0.3 is 14.2 Å². The zero-order valence-electron chi connectivity index (χ0n) is 17.2. The third-order valence-corrected chi connectivity index (χ3v) is 5.90. The highest BCUT2D eigenvalue weighted by Crippen LogP contribution is 2.29. The molecule has 1 saturated heterocycles. The van der Waals surface area contributed by atoms with E-state index in [0.717, 1.165) is 40.3 Å². The molecule has 4 nitrogen and oxygen atoms in total. The monoisotopic (exact) mass is 410 g/mol. The number of anilines is 1. The van der Waals surface area contributed by atoms with E-state index in [1.807, 2.05) is 29.2 Å². The lowest BCUT2D eigenvalue weighted by atomic mass is 9.86. The van der Waals surface area contributed by atoms with Crippen molar-refractivity contribution >= 4 is 34.2 Å². The molecule has 29 heavy (non-hydrogen) atoms. The smallest absolute Gasteiger partial charge is 0.227 e. The molecule has 0 saturated carbocycles. The highest BCUT2D eigenvalue weighted by atomic mass is 35.5. The predicted octanol–water partition coefficient (Wildman–Crippen LogP) is 5.28. The van der Waals surface area contributed by atoms with Gasteiger partial charge in [-0.15, -0.1) is 0 Å². The zero-order valence-corrected chi connectivity index (χ0v) is 18.0. The van der Waals surface area contributed by atoms with Gasteiger partial charge in [0.05, 0.1) is 12.7 Å². The molecule has 0 N–H and O–H groups in total. The second-order valence-corrected chi connectivity index (χ2v) is 9.18. The van der Waals surface area contributed by atoms with Crippen molar-refractivity contribution < 1.29 is 9.21 Å². The summed E-state index contributed by atoms with van der Waals surface area (Å²) in [7, 11) is 0. The van der Waals surface area contributed by atoms with Crippen molar-refractivity contribution in [2.75, 3.05) is 31.1 Å². The Balaban J connectivity index is 1.44. The van der Waals surface area contributed by atoms with Gasteiger partial charge in [-0.1, -0.05) is 44.5 Å². The molecule has 0 unspecified atom stereocenters. The first-order valence-corrected chi connectivity index (χ1v) is 10.5. The van der Waals surface area contributed by atoms with Gasteiger partial charge in [-0.2, -0.15) is 0 Å². The van der Waals surface area contributed by atoms with Crippen LogP contribution in [0.25, 0.3) is 11.0 Å². The van der Waals surface area contributed by atoms with E-state index in [1.54, 1.807) is 6.26 Å². The highest BCUT2D eigenvalue weighted by Gasteiger charge is 2.23. The Morgan fingerprint density at radius 3 is 2.52 bits per heavy atom. The van der Waals surface area contributed by atoms with E-state index in [0.29, 0.717) is 19.5 Å². The molecule has 0 spiro atoms. The summed E-state index contributed by atoms with van der Waals surface area (Å²) in [4.78, 5) is 17.2. The van der Waals surface area contributed by atoms with Crippen molar-refractivity contribution in [2.45, 2.75) is 32.6 Å². The number of carbonyl (C=O) groups is 1. The van der Waals surface area contributed by atoms with E-state index in [2.05, 4.69) is 43.9 Å². The normalized spacial score (nSPS) is 15.2. The number of hydrogen-bond donors (Lipinski definition) is 0. The first-order valence-electron chi connectivity index (χ1n) is 10.1. The van der Waals surface area contributed by atoms with Crippen LogP contribution in [0.3, 0.4) is 0 Å². The van der Waals surface area contributed by atoms with Gasteiger partial charge in [-0.3, -0.25) is 4.79 Å². The molecule has 5 heteroatoms. The number of piperazine rings is 1. The van der Waals surface area contributed by atoms with Gasteiger partial charge in [0.1, 0.15) is 5.58 Å². The van der Waals surface area contributed by atoms with E-state index in [4.69, 9.17) is 16.0 Å². The maximum atomic E-state index is 12.9. The van der Waals surface area contributed by atoms with Crippen molar-refractivity contribution in [1.82, 2.24) is 4.90 Å². The summed E-state index contributed by atoms with van der Waals surface area (Å²) in [5, 5.41) is 1.78.